The number of carbonyl (C=O) groups is 2. The molecule has 1 fully saturated rings. The molecule has 12 heteroatoms. The minimum atomic E-state index is -5.09. The van der Waals surface area contributed by atoms with E-state index < -0.39 is 53.3 Å². The van der Waals surface area contributed by atoms with Crippen molar-refractivity contribution in [2.75, 3.05) is 20.2 Å². The maximum atomic E-state index is 14.7. The van der Waals surface area contributed by atoms with Gasteiger partial charge in [0.1, 0.15) is 23.6 Å². The zero-order valence-corrected chi connectivity index (χ0v) is 16.5. The Balaban J connectivity index is 1.86. The molecule has 2 atom stereocenters. The highest BCUT2D eigenvalue weighted by Crippen LogP contribution is 2.42. The van der Waals surface area contributed by atoms with Gasteiger partial charge in [0, 0.05) is 25.6 Å². The standard InChI is InChI=1S/C20H16F4N4O4/c1-27-7-6-19(31,18(27)30)5-4-10-2-3-13-12(8-10)28-16(11(21)9-32-13)14(20(22,23)24)15(26-28)17(25)29/h2-3,8,11,31H,6-7,9H2,1H3,(H2,25,29)/t11?,19-/m0/s1. The smallest absolute Gasteiger partial charge is 0.420 e. The third-order valence-corrected chi connectivity index (χ3v) is 5.23. The topological polar surface area (TPSA) is 111 Å². The van der Waals surface area contributed by atoms with E-state index >= 15 is 0 Å². The predicted molar refractivity (Wildman–Crippen MR) is 101 cm³/mol. The maximum Gasteiger partial charge on any atom is 0.420 e. The third-order valence-electron chi connectivity index (χ3n) is 5.23. The van der Waals surface area contributed by atoms with Crippen molar-refractivity contribution in [2.24, 2.45) is 5.73 Å². The number of aromatic nitrogens is 2. The Morgan fingerprint density at radius 2 is 2.12 bits per heavy atom. The van der Waals surface area contributed by atoms with Crippen LogP contribution in [-0.4, -0.2) is 57.4 Å². The van der Waals surface area contributed by atoms with E-state index in [1.54, 1.807) is 0 Å². The van der Waals surface area contributed by atoms with Gasteiger partial charge in [0.15, 0.2) is 11.9 Å². The summed E-state index contributed by atoms with van der Waals surface area (Å²) in [7, 11) is 1.52. The van der Waals surface area contributed by atoms with E-state index in [1.807, 2.05) is 0 Å². The largest absolute Gasteiger partial charge is 0.488 e. The number of benzene rings is 1. The number of ether oxygens (including phenoxy) is 1. The second kappa shape index (κ2) is 7.23. The minimum Gasteiger partial charge on any atom is -0.488 e. The fraction of sp³-hybridized carbons (Fsp3) is 0.350. The second-order valence-corrected chi connectivity index (χ2v) is 7.43. The summed E-state index contributed by atoms with van der Waals surface area (Å²) >= 11 is 0. The summed E-state index contributed by atoms with van der Waals surface area (Å²) < 4.78 is 61.5. The van der Waals surface area contributed by atoms with Crippen LogP contribution in [0, 0.1) is 11.8 Å². The molecule has 3 N–H and O–H groups in total. The van der Waals surface area contributed by atoms with Crippen LogP contribution in [0.15, 0.2) is 18.2 Å². The van der Waals surface area contributed by atoms with Crippen molar-refractivity contribution in [3.05, 3.63) is 40.7 Å². The third kappa shape index (κ3) is 3.44. The van der Waals surface area contributed by atoms with E-state index in [-0.39, 0.29) is 23.4 Å². The number of fused-ring (bicyclic) bond motifs is 3. The monoisotopic (exact) mass is 452 g/mol. The molecule has 2 aliphatic rings. The highest BCUT2D eigenvalue weighted by molar-refractivity contribution is 5.93. The summed E-state index contributed by atoms with van der Waals surface area (Å²) in [5, 5.41) is 14.1. The Labute approximate surface area is 178 Å². The second-order valence-electron chi connectivity index (χ2n) is 7.43. The molecular formula is C20H16F4N4O4. The quantitative estimate of drug-likeness (QED) is 0.501. The minimum absolute atomic E-state index is 0.000386. The first-order chi connectivity index (χ1) is 14.9. The number of nitrogens with two attached hydrogens (primary N) is 1. The fourth-order valence-corrected chi connectivity index (χ4v) is 3.63. The lowest BCUT2D eigenvalue weighted by atomic mass is 10.0. The molecule has 0 spiro atoms. The van der Waals surface area contributed by atoms with Crippen molar-refractivity contribution in [1.82, 2.24) is 14.7 Å². The number of likely N-dealkylation sites (N-methyl/N-ethyl adjacent to an activating group) is 1. The van der Waals surface area contributed by atoms with Crippen LogP contribution >= 0.6 is 0 Å². The first kappa shape index (κ1) is 21.6. The van der Waals surface area contributed by atoms with Crippen LogP contribution in [0.5, 0.6) is 5.75 Å². The van der Waals surface area contributed by atoms with E-state index in [4.69, 9.17) is 10.5 Å². The van der Waals surface area contributed by atoms with Gasteiger partial charge in [0.25, 0.3) is 11.8 Å². The van der Waals surface area contributed by atoms with E-state index in [2.05, 4.69) is 16.9 Å². The number of rotatable bonds is 1. The highest BCUT2D eigenvalue weighted by atomic mass is 19.4. The molecule has 168 valence electrons. The maximum absolute atomic E-state index is 14.7. The van der Waals surface area contributed by atoms with Gasteiger partial charge in [-0.3, -0.25) is 9.59 Å². The Bertz CT molecular complexity index is 1200. The number of halogens is 4. The zero-order chi connectivity index (χ0) is 23.4. The van der Waals surface area contributed by atoms with Crippen LogP contribution in [0.1, 0.15) is 39.9 Å². The van der Waals surface area contributed by atoms with Gasteiger partial charge in [-0.2, -0.15) is 18.3 Å². The lowest BCUT2D eigenvalue weighted by molar-refractivity contribution is -0.139. The van der Waals surface area contributed by atoms with E-state index in [1.165, 1.54) is 30.1 Å². The summed E-state index contributed by atoms with van der Waals surface area (Å²) in [6.07, 6.45) is -7.25. The molecule has 2 aromatic rings. The highest BCUT2D eigenvalue weighted by Gasteiger charge is 2.45. The van der Waals surface area contributed by atoms with Gasteiger partial charge >= 0.3 is 6.18 Å². The Morgan fingerprint density at radius 3 is 2.72 bits per heavy atom. The van der Waals surface area contributed by atoms with Crippen molar-refractivity contribution >= 4 is 11.8 Å². The molecule has 0 aliphatic carbocycles. The molecule has 3 heterocycles. The summed E-state index contributed by atoms with van der Waals surface area (Å²) in [4.78, 5) is 25.0. The van der Waals surface area contributed by atoms with Crippen LogP contribution in [0.3, 0.4) is 0 Å². The summed E-state index contributed by atoms with van der Waals surface area (Å²) in [5.74, 6) is 3.06. The molecule has 32 heavy (non-hydrogen) atoms. The molecule has 0 radical (unpaired) electrons. The lowest BCUT2D eigenvalue weighted by Crippen LogP contribution is -2.37. The van der Waals surface area contributed by atoms with Crippen molar-refractivity contribution in [3.8, 4) is 23.3 Å². The van der Waals surface area contributed by atoms with Crippen molar-refractivity contribution < 1.29 is 37.0 Å². The summed E-state index contributed by atoms with van der Waals surface area (Å²) in [6, 6.07) is 4.03. The predicted octanol–water partition coefficient (Wildman–Crippen LogP) is 1.34. The van der Waals surface area contributed by atoms with Crippen molar-refractivity contribution in [1.29, 1.82) is 0 Å². The van der Waals surface area contributed by atoms with Gasteiger partial charge in [0.2, 0.25) is 5.60 Å². The number of nitrogens with zero attached hydrogens (tertiary/aromatic N) is 3. The van der Waals surface area contributed by atoms with Gasteiger partial charge in [-0.1, -0.05) is 11.8 Å². The number of amides is 2. The zero-order valence-electron chi connectivity index (χ0n) is 16.5. The fourth-order valence-electron chi connectivity index (χ4n) is 3.63. The molecule has 1 aromatic carbocycles. The van der Waals surface area contributed by atoms with Gasteiger partial charge < -0.3 is 20.5 Å². The average molecular weight is 452 g/mol. The van der Waals surface area contributed by atoms with Crippen molar-refractivity contribution in [2.45, 2.75) is 24.4 Å². The molecule has 1 aromatic heterocycles. The molecule has 2 aliphatic heterocycles. The number of hydrogen-bond acceptors (Lipinski definition) is 5. The molecular weight excluding hydrogens is 436 g/mol. The van der Waals surface area contributed by atoms with Crippen LogP contribution in [0.25, 0.3) is 5.69 Å². The van der Waals surface area contributed by atoms with Gasteiger partial charge in [-0.05, 0) is 18.2 Å². The van der Waals surface area contributed by atoms with Crippen LogP contribution in [0.4, 0.5) is 17.6 Å². The van der Waals surface area contributed by atoms with Crippen LogP contribution in [-0.2, 0) is 11.0 Å². The van der Waals surface area contributed by atoms with Gasteiger partial charge in [-0.15, -0.1) is 0 Å². The first-order valence-electron chi connectivity index (χ1n) is 9.34. The number of alkyl halides is 4. The number of hydrogen-bond donors (Lipinski definition) is 2. The molecule has 8 nitrogen and oxygen atoms in total. The molecule has 0 bridgehead atoms. The first-order valence-corrected chi connectivity index (χ1v) is 9.34. The van der Waals surface area contributed by atoms with E-state index in [0.29, 0.717) is 11.2 Å². The Morgan fingerprint density at radius 1 is 1.41 bits per heavy atom. The molecule has 1 saturated heterocycles. The molecule has 1 unspecified atom stereocenters. The molecule has 0 saturated carbocycles. The summed E-state index contributed by atoms with van der Waals surface area (Å²) in [5.41, 5.74) is -0.345. The normalized spacial score (nSPS) is 22.4. The lowest BCUT2D eigenvalue weighted by Gasteiger charge is -2.13. The molecule has 2 amide bonds. The number of aliphatic hydroxyl groups is 1. The number of carbonyl (C=O) groups excluding carboxylic acids is 2. The van der Waals surface area contributed by atoms with Crippen LogP contribution < -0.4 is 10.5 Å². The summed E-state index contributed by atoms with van der Waals surface area (Å²) in [6.45, 7) is -0.432. The van der Waals surface area contributed by atoms with Gasteiger partial charge in [-0.25, -0.2) is 9.07 Å². The van der Waals surface area contributed by atoms with Gasteiger partial charge in [0.05, 0.1) is 5.69 Å². The van der Waals surface area contributed by atoms with E-state index in [0.717, 1.165) is 0 Å². The van der Waals surface area contributed by atoms with Crippen LogP contribution in [0.2, 0.25) is 0 Å². The number of primary amides is 1. The Hall–Kier alpha value is -3.59. The number of likely N-dealkylation sites (tertiary alicyclic amines) is 1. The molecule has 4 rings (SSSR count). The average Bonchev–Trinajstić information content (AvgIpc) is 3.21. The van der Waals surface area contributed by atoms with Crippen molar-refractivity contribution in [3.63, 3.8) is 0 Å². The SMILES string of the molecule is CN1CC[C@@](O)(C#Cc2ccc3c(c2)-n2nc(C(N)=O)c(C(F)(F)F)c2C(F)CO3)C1=O. The van der Waals surface area contributed by atoms with E-state index in [9.17, 15) is 32.3 Å². The Kier molecular flexibility index (Phi) is 4.89.